The first-order valence-corrected chi connectivity index (χ1v) is 187. The molecule has 0 aromatic rings. The summed E-state index contributed by atoms with van der Waals surface area (Å²) in [5.74, 6) is 0. The normalized spacial score (nSPS) is 24.0. The van der Waals surface area contributed by atoms with Crippen LogP contribution in [-0.2, 0) is 100 Å². The minimum Gasteiger partial charge on any atom is -0.577 e. The monoisotopic (exact) mass is 2970 g/mol. The number of hydrogen-bond donors (Lipinski definition) is 33. The zero-order valence-corrected chi connectivity index (χ0v) is 153. The zero-order chi connectivity index (χ0) is 107. The van der Waals surface area contributed by atoms with Crippen LogP contribution in [0.1, 0.15) is 85.0 Å². The molecule has 0 bridgehead atoms. The maximum absolute atomic E-state index is 17.7. The van der Waals surface area contributed by atoms with E-state index in [1.165, 1.54) is 19.6 Å². The summed E-state index contributed by atoms with van der Waals surface area (Å²) in [6.45, 7) is -74.9. The molecule has 0 aliphatic rings. The van der Waals surface area contributed by atoms with Gasteiger partial charge in [-0.1, -0.05) is 85.0 Å². The van der Waals surface area contributed by atoms with Crippen LogP contribution in [0, 0.1) is 0 Å². The maximum atomic E-state index is 17.7. The van der Waals surface area contributed by atoms with Crippen molar-refractivity contribution in [1.29, 1.82) is 0 Å². The Hall–Kier alpha value is 9.66. The van der Waals surface area contributed by atoms with E-state index in [4.69, 9.17) is 82.6 Å². The van der Waals surface area contributed by atoms with E-state index >= 15 is 13.4 Å². The van der Waals surface area contributed by atoms with E-state index in [1.54, 1.807) is 0 Å². The smallest absolute Gasteiger partial charge is 0.472 e. The van der Waals surface area contributed by atoms with Gasteiger partial charge < -0.3 is 258 Å². The first kappa shape index (κ1) is 150. The molecule has 0 radical (unpaired) electrons. The van der Waals surface area contributed by atoms with Crippen molar-refractivity contribution in [3.05, 3.63) is 0 Å². The van der Waals surface area contributed by atoms with Gasteiger partial charge in [-0.25, -0.2) is 0 Å². The zero-order valence-electron chi connectivity index (χ0n) is 80.6. The fourth-order valence-electron chi connectivity index (χ4n) is 17.2. The Balaban J connectivity index is 0. The van der Waals surface area contributed by atoms with Crippen LogP contribution in [0.25, 0.3) is 0 Å². The molecule has 0 saturated carbocycles. The highest BCUT2D eigenvalue weighted by Crippen LogP contribution is 2.61. The lowest BCUT2D eigenvalue weighted by molar-refractivity contribution is 0.282. The Labute approximate surface area is 900 Å². The average molecular weight is 2980 g/mol. The third kappa shape index (κ3) is 32.4. The van der Waals surface area contributed by atoms with Gasteiger partial charge in [0.15, 0.2) is 138 Å². The molecule has 0 amide bonds. The molecule has 138 heavy (non-hydrogen) atoms. The Morgan fingerprint density at radius 1 is 0.304 bits per heavy atom. The summed E-state index contributed by atoms with van der Waals surface area (Å²) in [7, 11) is -209. The third-order valence-electron chi connectivity index (χ3n) is 23.6. The summed E-state index contributed by atoms with van der Waals surface area (Å²) in [6.07, 6.45) is 7.18. The van der Waals surface area contributed by atoms with Gasteiger partial charge in [-0.15, -0.1) is 0 Å². The van der Waals surface area contributed by atoms with Gasteiger partial charge in [0, 0.05) is 7.11 Å². The summed E-state index contributed by atoms with van der Waals surface area (Å²) in [5, 5.41) is 0. The third-order valence-corrected chi connectivity index (χ3v) is 624. The molecule has 7 unspecified atom stereocenters. The SMILES string of the molecule is CC.CCCCCCCCCCCC[Si](C)(O)O[Si](O[Si](O[Si](O[Si](C)(C)O[Si](C)(C)C)([Si](O[Si](O[SiH2]O)([SiH2]O)[SiH2]O)([Si](O[SiH2]O)([SiH2]O)[SiH2]O)[Si](O[SiH2]O)([SiH2]O)[SiH2]O)[Si](O[Si](O[SiH2]O)([SiH2]O)[SiH](C)O)([Si](O[Si](C)([SiH3])OC)([Si](O[SiH]=O)([SiH]=O)[SiH]=O)[Si](O[SiH2]O)([SiH2]O)[SiH2]O)[Si](O[Si](O[SiH2]O)([SiH2]O)[SiH2]O)([Si](O[SiH2]O)([SiH2]O)[SiH2]O)[Si](O[SiH2]O)([SiH2]O)[SiH2]O)([Si](O[SiH2]O)([SiH2]O)[SiH2]O)[Si](O[SiH2]O)([SiH2]O)[SiH2]O)([SiH2]O)[SiH2]O. The second kappa shape index (κ2) is 70.1. The topological polar surface area (TPSA) is 913 Å². The quantitative estimate of drug-likeness (QED) is 0.0199. The lowest BCUT2D eigenvalue weighted by Crippen LogP contribution is -3.21. The van der Waals surface area contributed by atoms with Crippen molar-refractivity contribution in [1.82, 2.24) is 0 Å². The molecule has 7 atom stereocenters. The second-order valence-electron chi connectivity index (χ2n) is 33.6. The van der Waals surface area contributed by atoms with Gasteiger partial charge >= 0.3 is 79.2 Å². The summed E-state index contributed by atoms with van der Waals surface area (Å²) < 4.78 is 211. The summed E-state index contributed by atoms with van der Waals surface area (Å²) in [4.78, 5) is 450. The van der Waals surface area contributed by atoms with E-state index in [9.17, 15) is 162 Å². The minimum absolute atomic E-state index is 0.0522. The van der Waals surface area contributed by atoms with Crippen molar-refractivity contribution in [3.63, 3.8) is 0 Å². The van der Waals surface area contributed by atoms with E-state index in [0.29, 0.717) is 19.3 Å². The molecule has 0 fully saturated rings. The van der Waals surface area contributed by atoms with Gasteiger partial charge in [-0.05, 0) is 58.4 Å². The molecule has 0 aromatic heterocycles. The van der Waals surface area contributed by atoms with Gasteiger partial charge in [-0.2, -0.15) is 0 Å². The fourth-order valence-corrected chi connectivity index (χ4v) is 1170. The molecule has 0 heterocycles. The highest BCUT2D eigenvalue weighted by molar-refractivity contribution is 8.35. The largest absolute Gasteiger partial charge is 0.577 e. The molecule has 0 aliphatic heterocycles. The summed E-state index contributed by atoms with van der Waals surface area (Å²) in [5.41, 5.74) is 0. The van der Waals surface area contributed by atoms with Crippen LogP contribution in [0.3, 0.4) is 0 Å². The molecule has 115 heteroatoms. The Kier molecular flexibility index (Phi) is 76.1. The van der Waals surface area contributed by atoms with Crippen LogP contribution in [0.2, 0.25) is 58.4 Å². The Bertz CT molecular complexity index is 3220. The average Bonchev–Trinajstić information content (AvgIpc) is 0.613. The van der Waals surface area contributed by atoms with Crippen molar-refractivity contribution in [3.8, 4) is 0 Å². The van der Waals surface area contributed by atoms with Crippen molar-refractivity contribution >= 4 is 502 Å². The molecule has 0 spiro atoms. The molecule has 0 aliphatic carbocycles. The maximum Gasteiger partial charge on any atom is 0.472 e. The van der Waals surface area contributed by atoms with E-state index in [0.717, 1.165) is 78.4 Å². The van der Waals surface area contributed by atoms with Gasteiger partial charge in [0.1, 0.15) is 0 Å². The minimum atomic E-state index is -9.39. The van der Waals surface area contributed by atoms with Crippen LogP contribution >= 0.6 is 0 Å². The Morgan fingerprint density at radius 2 is 0.601 bits per heavy atom. The molecule has 0 saturated heterocycles. The fraction of sp³-hybridized carbons (Fsp3) is 1.00. The molecule has 33 N–H and O–H groups in total. The van der Waals surface area contributed by atoms with Crippen LogP contribution in [0.5, 0.6) is 0 Å². The van der Waals surface area contributed by atoms with E-state index < -0.39 is 508 Å². The molecular formula is C23H160O57Si58. The molecular weight excluding hydrogens is 2820 g/mol. The Morgan fingerprint density at radius 3 is 0.870 bits per heavy atom. The van der Waals surface area contributed by atoms with Crippen LogP contribution in [0.4, 0.5) is 0 Å². The highest BCUT2D eigenvalue weighted by atomic mass is 30.6. The van der Waals surface area contributed by atoms with E-state index in [2.05, 4.69) is 6.92 Å². The van der Waals surface area contributed by atoms with Gasteiger partial charge in [0.2, 0.25) is 115 Å². The first-order chi connectivity index (χ1) is 65.0. The van der Waals surface area contributed by atoms with Gasteiger partial charge in [-0.3, -0.25) is 0 Å². The molecule has 0 aromatic carbocycles. The van der Waals surface area contributed by atoms with Crippen LogP contribution in [0.15, 0.2) is 0 Å². The van der Waals surface area contributed by atoms with E-state index in [1.807, 2.05) is 13.8 Å². The predicted octanol–water partition coefficient (Wildman–Crippen LogP) is -50.0. The van der Waals surface area contributed by atoms with Crippen molar-refractivity contribution in [2.24, 2.45) is 0 Å². The lowest BCUT2D eigenvalue weighted by Gasteiger charge is -2.76. The molecule has 826 valence electrons. The number of hydrogen-bond acceptors (Lipinski definition) is 57. The highest BCUT2D eigenvalue weighted by Gasteiger charge is 3.08. The molecule has 57 nitrogen and oxygen atoms in total. The number of rotatable bonds is 88. The summed E-state index contributed by atoms with van der Waals surface area (Å²) in [6, 6.07) is -0.397. The molecule has 0 rings (SSSR count). The van der Waals surface area contributed by atoms with E-state index in [-0.39, 0.29) is 6.42 Å². The first-order valence-electron chi connectivity index (χ1n) is 43.6. The van der Waals surface area contributed by atoms with Crippen molar-refractivity contribution < 1.29 is 258 Å². The predicted molar refractivity (Wildman–Crippen MR) is 649 cm³/mol. The second-order valence-corrected chi connectivity index (χ2v) is 359. The van der Waals surface area contributed by atoms with Gasteiger partial charge in [0.05, 0.1) is 9.76 Å². The van der Waals surface area contributed by atoms with Crippen molar-refractivity contribution in [2.75, 3.05) is 7.11 Å². The van der Waals surface area contributed by atoms with Gasteiger partial charge in [0.25, 0.3) is 160 Å². The summed E-state index contributed by atoms with van der Waals surface area (Å²) >= 11 is 0. The lowest BCUT2D eigenvalue weighted by atomic mass is 10.1. The van der Waals surface area contributed by atoms with Crippen LogP contribution < -0.4 is 0 Å². The standard InChI is InChI=1S/C21H154O57Si58.C2H6/c1-11-12-13-14-15-16-17-18-19-20-21-117(9,57)72-121(95-37,96-38)74-123(125(98-40,99-41)62-83-25,126(100-42,101-43)63-84-26)78-124(71-116(7,8)70-115(4,5)6,133(127(102-44,103-45)64-85-27,128(104-46,105-47)65-86-28)75-119(91-33,92-34)59-80-22)134(77-122(97-39,61-82-24)114(3)56,135(73-118(10,79)58-2,129(106-48,107-49)66-87-29)130(108-50,109-51)67-88-30)136(131(110-52,111-53)68-89-31,132(112-54,113-55)69-90-32)76-120(93-35,94-36)60-81-23;1-2/h22-29,31-49,52-57,88,108-109,114H,11-21,80-87,89-107,110-113H2,1-10,79H3;1-2H3. The van der Waals surface area contributed by atoms with Crippen molar-refractivity contribution in [2.45, 2.75) is 143 Å². The number of unbranched alkanes of at least 4 members (excludes halogenated alkanes) is 9. The van der Waals surface area contributed by atoms with Crippen LogP contribution in [-0.4, -0.2) is 668 Å².